The highest BCUT2D eigenvalue weighted by Gasteiger charge is 2.42. The van der Waals surface area contributed by atoms with Crippen molar-refractivity contribution in [2.45, 2.75) is 18.9 Å². The number of ether oxygens (including phenoxy) is 1. The summed E-state index contributed by atoms with van der Waals surface area (Å²) in [6.07, 6.45) is 1.68. The van der Waals surface area contributed by atoms with E-state index in [1.165, 1.54) is 19.2 Å². The van der Waals surface area contributed by atoms with E-state index in [1.54, 1.807) is 6.07 Å². The molecule has 1 aromatic carbocycles. The molecular formula is C16H20FNO3. The van der Waals surface area contributed by atoms with Gasteiger partial charge in [-0.15, -0.1) is 0 Å². The first-order chi connectivity index (χ1) is 10.1. The average Bonchev–Trinajstić information content (AvgIpc) is 3.01. The van der Waals surface area contributed by atoms with Crippen molar-refractivity contribution in [3.05, 3.63) is 29.6 Å². The summed E-state index contributed by atoms with van der Waals surface area (Å²) in [6.45, 7) is 1.90. The van der Waals surface area contributed by atoms with Crippen LogP contribution in [0.25, 0.3) is 0 Å². The van der Waals surface area contributed by atoms with Gasteiger partial charge >= 0.3 is 0 Å². The number of fused-ring (bicyclic) bond motifs is 1. The van der Waals surface area contributed by atoms with Crippen LogP contribution in [-0.2, 0) is 0 Å². The van der Waals surface area contributed by atoms with Crippen LogP contribution in [0.1, 0.15) is 23.2 Å². The van der Waals surface area contributed by atoms with E-state index in [0.717, 1.165) is 25.9 Å². The Balaban J connectivity index is 1.63. The number of likely N-dealkylation sites (tertiary alicyclic amines) is 1. The maximum atomic E-state index is 13.6. The molecule has 1 aromatic rings. The van der Waals surface area contributed by atoms with Gasteiger partial charge in [0.25, 0.3) is 0 Å². The van der Waals surface area contributed by atoms with Crippen molar-refractivity contribution in [1.82, 2.24) is 4.90 Å². The topological polar surface area (TPSA) is 49.8 Å². The smallest absolute Gasteiger partial charge is 0.176 e. The number of hydrogen-bond acceptors (Lipinski definition) is 4. The Morgan fingerprint density at radius 2 is 2.24 bits per heavy atom. The van der Waals surface area contributed by atoms with Gasteiger partial charge in [-0.2, -0.15) is 0 Å². The van der Waals surface area contributed by atoms with Crippen molar-refractivity contribution < 1.29 is 19.0 Å². The second-order valence-electron chi connectivity index (χ2n) is 6.04. The van der Waals surface area contributed by atoms with E-state index in [4.69, 9.17) is 4.74 Å². The van der Waals surface area contributed by atoms with Gasteiger partial charge < -0.3 is 9.84 Å². The van der Waals surface area contributed by atoms with Crippen molar-refractivity contribution in [1.29, 1.82) is 0 Å². The highest BCUT2D eigenvalue weighted by atomic mass is 19.1. The van der Waals surface area contributed by atoms with Crippen molar-refractivity contribution in [3.8, 4) is 5.75 Å². The standard InChI is InChI=1S/C16H20FNO3/c1-21-16-5-3-10(6-13(16)17)15(20)9-18-7-11-2-4-14(19)12(11)8-18/h3,5-6,11-12,14,19H,2,4,7-9H2,1H3. The summed E-state index contributed by atoms with van der Waals surface area (Å²) in [6, 6.07) is 4.30. The third-order valence-corrected chi connectivity index (χ3v) is 4.74. The lowest BCUT2D eigenvalue weighted by Gasteiger charge is -2.17. The Hall–Kier alpha value is -1.46. The Labute approximate surface area is 123 Å². The maximum absolute atomic E-state index is 13.6. The molecule has 0 amide bonds. The van der Waals surface area contributed by atoms with Gasteiger partial charge in [0.1, 0.15) is 0 Å². The molecule has 1 aliphatic heterocycles. The van der Waals surface area contributed by atoms with Gasteiger partial charge in [0.05, 0.1) is 19.8 Å². The third kappa shape index (κ3) is 2.80. The number of carbonyl (C=O) groups is 1. The van der Waals surface area contributed by atoms with Crippen LogP contribution in [0.3, 0.4) is 0 Å². The van der Waals surface area contributed by atoms with Crippen LogP contribution in [0, 0.1) is 17.7 Å². The number of carbonyl (C=O) groups excluding carboxylic acids is 1. The Morgan fingerprint density at radius 3 is 2.90 bits per heavy atom. The SMILES string of the molecule is COc1ccc(C(=O)CN2CC3CCC(O)C3C2)cc1F. The first kappa shape index (κ1) is 14.5. The third-order valence-electron chi connectivity index (χ3n) is 4.74. The van der Waals surface area contributed by atoms with E-state index in [9.17, 15) is 14.3 Å². The molecule has 0 bridgehead atoms. The summed E-state index contributed by atoms with van der Waals surface area (Å²) in [5, 5.41) is 9.89. The van der Waals surface area contributed by atoms with Gasteiger partial charge in [0, 0.05) is 24.6 Å². The number of nitrogens with zero attached hydrogens (tertiary/aromatic N) is 1. The number of rotatable bonds is 4. The van der Waals surface area contributed by atoms with Crippen molar-refractivity contribution >= 4 is 5.78 Å². The van der Waals surface area contributed by atoms with Gasteiger partial charge in [0.15, 0.2) is 17.3 Å². The van der Waals surface area contributed by atoms with Gasteiger partial charge in [-0.05, 0) is 37.0 Å². The lowest BCUT2D eigenvalue weighted by atomic mass is 10.00. The number of Topliss-reactive ketones (excluding diaryl/α,β-unsaturated/α-hetero) is 1. The highest BCUT2D eigenvalue weighted by molar-refractivity contribution is 5.97. The van der Waals surface area contributed by atoms with Gasteiger partial charge in [-0.1, -0.05) is 0 Å². The molecule has 2 fully saturated rings. The van der Waals surface area contributed by atoms with E-state index in [1.807, 2.05) is 0 Å². The minimum absolute atomic E-state index is 0.0917. The fourth-order valence-electron chi connectivity index (χ4n) is 3.59. The van der Waals surface area contributed by atoms with Crippen LogP contribution in [0.5, 0.6) is 5.75 Å². The van der Waals surface area contributed by atoms with Crippen LogP contribution in [-0.4, -0.2) is 48.6 Å². The molecule has 3 unspecified atom stereocenters. The molecule has 21 heavy (non-hydrogen) atoms. The summed E-state index contributed by atoms with van der Waals surface area (Å²) < 4.78 is 18.5. The molecule has 1 N–H and O–H groups in total. The number of hydrogen-bond donors (Lipinski definition) is 1. The Morgan fingerprint density at radius 1 is 1.43 bits per heavy atom. The highest BCUT2D eigenvalue weighted by Crippen LogP contribution is 2.38. The van der Waals surface area contributed by atoms with Crippen LogP contribution in [0.4, 0.5) is 4.39 Å². The fourth-order valence-corrected chi connectivity index (χ4v) is 3.59. The number of aliphatic hydroxyl groups excluding tert-OH is 1. The second kappa shape index (κ2) is 5.73. The fraction of sp³-hybridized carbons (Fsp3) is 0.562. The Kier molecular flexibility index (Phi) is 3.95. The van der Waals surface area contributed by atoms with Gasteiger partial charge in [-0.3, -0.25) is 9.69 Å². The van der Waals surface area contributed by atoms with E-state index >= 15 is 0 Å². The summed E-state index contributed by atoms with van der Waals surface area (Å²) in [5.74, 6) is 0.333. The zero-order valence-corrected chi connectivity index (χ0v) is 12.1. The number of benzene rings is 1. The van der Waals surface area contributed by atoms with E-state index in [2.05, 4.69) is 4.90 Å². The molecule has 2 aliphatic rings. The average molecular weight is 293 g/mol. The minimum Gasteiger partial charge on any atom is -0.494 e. The number of halogens is 1. The first-order valence-electron chi connectivity index (χ1n) is 7.35. The molecule has 0 radical (unpaired) electrons. The van der Waals surface area contributed by atoms with Crippen LogP contribution in [0.2, 0.25) is 0 Å². The first-order valence-corrected chi connectivity index (χ1v) is 7.35. The molecule has 3 rings (SSSR count). The lowest BCUT2D eigenvalue weighted by Crippen LogP contribution is -2.30. The molecule has 1 saturated carbocycles. The van der Waals surface area contributed by atoms with Crippen LogP contribution in [0.15, 0.2) is 18.2 Å². The van der Waals surface area contributed by atoms with E-state index in [0.29, 0.717) is 17.4 Å². The maximum Gasteiger partial charge on any atom is 0.176 e. The molecule has 4 nitrogen and oxygen atoms in total. The van der Waals surface area contributed by atoms with Crippen molar-refractivity contribution in [2.24, 2.45) is 11.8 Å². The minimum atomic E-state index is -0.517. The van der Waals surface area contributed by atoms with Crippen LogP contribution < -0.4 is 4.74 Å². The predicted molar refractivity (Wildman–Crippen MR) is 75.9 cm³/mol. The number of ketones is 1. The predicted octanol–water partition coefficient (Wildman–Crippen LogP) is 1.72. The molecule has 0 aromatic heterocycles. The van der Waals surface area contributed by atoms with Crippen molar-refractivity contribution in [3.63, 3.8) is 0 Å². The van der Waals surface area contributed by atoms with Gasteiger partial charge in [0.2, 0.25) is 0 Å². The zero-order valence-electron chi connectivity index (χ0n) is 12.1. The van der Waals surface area contributed by atoms with Gasteiger partial charge in [-0.25, -0.2) is 4.39 Å². The van der Waals surface area contributed by atoms with E-state index in [-0.39, 0.29) is 24.2 Å². The monoisotopic (exact) mass is 293 g/mol. The van der Waals surface area contributed by atoms with E-state index < -0.39 is 5.82 Å². The molecule has 1 aliphatic carbocycles. The van der Waals surface area contributed by atoms with Crippen molar-refractivity contribution in [2.75, 3.05) is 26.7 Å². The quantitative estimate of drug-likeness (QED) is 0.859. The summed E-state index contributed by atoms with van der Waals surface area (Å²) in [4.78, 5) is 14.3. The largest absolute Gasteiger partial charge is 0.494 e. The normalized spacial score (nSPS) is 28.6. The molecular weight excluding hydrogens is 273 g/mol. The second-order valence-corrected chi connectivity index (χ2v) is 6.04. The number of methoxy groups -OCH3 is 1. The summed E-state index contributed by atoms with van der Waals surface area (Å²) in [7, 11) is 1.40. The molecule has 0 spiro atoms. The molecule has 5 heteroatoms. The molecule has 1 heterocycles. The summed E-state index contributed by atoms with van der Waals surface area (Å²) in [5.41, 5.74) is 0.367. The van der Waals surface area contributed by atoms with Crippen LogP contribution >= 0.6 is 0 Å². The summed E-state index contributed by atoms with van der Waals surface area (Å²) >= 11 is 0. The molecule has 114 valence electrons. The lowest BCUT2D eigenvalue weighted by molar-refractivity contribution is 0.0919. The zero-order chi connectivity index (χ0) is 15.0. The molecule has 3 atom stereocenters. The Bertz CT molecular complexity index is 548. The number of aliphatic hydroxyl groups is 1. The molecule has 1 saturated heterocycles.